The van der Waals surface area contributed by atoms with E-state index in [1.165, 1.54) is 20.9 Å². The number of halogens is 1. The molecule has 72 valence electrons. The van der Waals surface area contributed by atoms with Gasteiger partial charge in [-0.25, -0.2) is 4.99 Å². The van der Waals surface area contributed by atoms with E-state index < -0.39 is 0 Å². The lowest BCUT2D eigenvalue weighted by Crippen LogP contribution is -1.92. The van der Waals surface area contributed by atoms with E-state index in [9.17, 15) is 5.11 Å². The van der Waals surface area contributed by atoms with E-state index in [-0.39, 0.29) is 5.75 Å². The van der Waals surface area contributed by atoms with Gasteiger partial charge < -0.3 is 5.11 Å². The number of aromatic nitrogens is 1. The quantitative estimate of drug-likeness (QED) is 0.784. The van der Waals surface area contributed by atoms with E-state index in [1.807, 2.05) is 0 Å². The maximum absolute atomic E-state index is 9.21. The van der Waals surface area contributed by atoms with Gasteiger partial charge in [-0.05, 0) is 22.5 Å². The molecule has 0 amide bonds. The monoisotopic (exact) mass is 244 g/mol. The standard InChI is InChI=1S/C8H5ClN2OS2/c9-7-8(13-14-11-7)10-5-2-1-3-6(12)4-5/h1-4,12H. The summed E-state index contributed by atoms with van der Waals surface area (Å²) in [6.07, 6.45) is 0. The predicted octanol–water partition coefficient (Wildman–Crippen LogP) is 2.80. The van der Waals surface area contributed by atoms with E-state index in [0.29, 0.717) is 15.5 Å². The van der Waals surface area contributed by atoms with Crippen molar-refractivity contribution in [1.82, 2.24) is 4.37 Å². The fourth-order valence-electron chi connectivity index (χ4n) is 0.905. The summed E-state index contributed by atoms with van der Waals surface area (Å²) in [5.41, 5.74) is 0.670. The first-order valence-electron chi connectivity index (χ1n) is 3.71. The maximum atomic E-state index is 9.21. The van der Waals surface area contributed by atoms with Gasteiger partial charge >= 0.3 is 0 Å². The van der Waals surface area contributed by atoms with E-state index in [1.54, 1.807) is 24.3 Å². The van der Waals surface area contributed by atoms with E-state index in [2.05, 4.69) is 9.37 Å². The van der Waals surface area contributed by atoms with Crippen molar-refractivity contribution in [3.8, 4) is 5.75 Å². The van der Waals surface area contributed by atoms with Gasteiger partial charge in [-0.15, -0.1) is 0 Å². The molecule has 1 heterocycles. The maximum Gasteiger partial charge on any atom is 0.179 e. The number of nitrogens with zero attached hydrogens (tertiary/aromatic N) is 2. The number of phenols is 1. The fraction of sp³-hybridized carbons (Fsp3) is 0. The summed E-state index contributed by atoms with van der Waals surface area (Å²) in [7, 11) is 2.69. The van der Waals surface area contributed by atoms with Crippen molar-refractivity contribution in [2.45, 2.75) is 0 Å². The normalized spacial score (nSPS) is 11.9. The topological polar surface area (TPSA) is 45.5 Å². The van der Waals surface area contributed by atoms with Crippen LogP contribution in [0.15, 0.2) is 29.3 Å². The minimum absolute atomic E-state index is 0.190. The van der Waals surface area contributed by atoms with Crippen LogP contribution >= 0.6 is 32.5 Å². The molecule has 6 heteroatoms. The van der Waals surface area contributed by atoms with Gasteiger partial charge in [0, 0.05) is 16.6 Å². The van der Waals surface area contributed by atoms with Crippen LogP contribution < -0.4 is 4.67 Å². The molecule has 1 aromatic carbocycles. The van der Waals surface area contributed by atoms with Crippen LogP contribution in [-0.4, -0.2) is 9.48 Å². The molecule has 0 aliphatic rings. The molecule has 14 heavy (non-hydrogen) atoms. The van der Waals surface area contributed by atoms with Crippen LogP contribution in [0.25, 0.3) is 0 Å². The highest BCUT2D eigenvalue weighted by atomic mass is 35.5. The van der Waals surface area contributed by atoms with Crippen LogP contribution in [0.4, 0.5) is 5.69 Å². The largest absolute Gasteiger partial charge is 0.508 e. The van der Waals surface area contributed by atoms with E-state index in [0.717, 1.165) is 0 Å². The van der Waals surface area contributed by atoms with Crippen LogP contribution in [0.1, 0.15) is 0 Å². The Morgan fingerprint density at radius 3 is 2.93 bits per heavy atom. The summed E-state index contributed by atoms with van der Waals surface area (Å²) >= 11 is 5.78. The van der Waals surface area contributed by atoms with Crippen molar-refractivity contribution in [2.75, 3.05) is 0 Å². The molecule has 0 radical (unpaired) electrons. The zero-order valence-corrected chi connectivity index (χ0v) is 9.23. The molecule has 0 aliphatic heterocycles. The molecule has 3 nitrogen and oxygen atoms in total. The molecule has 0 unspecified atom stereocenters. The minimum Gasteiger partial charge on any atom is -0.508 e. The van der Waals surface area contributed by atoms with Crippen LogP contribution in [0, 0.1) is 0 Å². The van der Waals surface area contributed by atoms with Crippen LogP contribution in [-0.2, 0) is 0 Å². The molecule has 2 aromatic rings. The Bertz CT molecular complexity index is 506. The summed E-state index contributed by atoms with van der Waals surface area (Å²) < 4.78 is 4.57. The second kappa shape index (κ2) is 4.08. The molecule has 0 spiro atoms. The number of rotatable bonds is 1. The highest BCUT2D eigenvalue weighted by molar-refractivity contribution is 7.66. The SMILES string of the molecule is Oc1cccc(N=c2ssnc2Cl)c1. The number of benzene rings is 1. The number of aromatic hydroxyl groups is 1. The van der Waals surface area contributed by atoms with Gasteiger partial charge in [-0.2, -0.15) is 4.37 Å². The number of hydrogen-bond acceptors (Lipinski definition) is 5. The van der Waals surface area contributed by atoms with Gasteiger partial charge in [-0.3, -0.25) is 0 Å². The average Bonchev–Trinajstić information content (AvgIpc) is 2.52. The van der Waals surface area contributed by atoms with Crippen molar-refractivity contribution in [3.63, 3.8) is 0 Å². The Balaban J connectivity index is 2.49. The van der Waals surface area contributed by atoms with Crippen molar-refractivity contribution in [1.29, 1.82) is 0 Å². The average molecular weight is 245 g/mol. The molecule has 0 bridgehead atoms. The smallest absolute Gasteiger partial charge is 0.179 e. The molecule has 0 aliphatic carbocycles. The highest BCUT2D eigenvalue weighted by Crippen LogP contribution is 2.18. The van der Waals surface area contributed by atoms with Crippen LogP contribution in [0.5, 0.6) is 5.75 Å². The van der Waals surface area contributed by atoms with E-state index in [4.69, 9.17) is 11.6 Å². The number of phenolic OH excluding ortho intramolecular Hbond substituents is 1. The Morgan fingerprint density at radius 1 is 1.43 bits per heavy atom. The summed E-state index contributed by atoms with van der Waals surface area (Å²) in [5, 5.41) is 9.61. The summed E-state index contributed by atoms with van der Waals surface area (Å²) in [6, 6.07) is 6.68. The summed E-state index contributed by atoms with van der Waals surface area (Å²) in [6.45, 7) is 0. The van der Waals surface area contributed by atoms with Crippen molar-refractivity contribution in [2.24, 2.45) is 4.99 Å². The lowest BCUT2D eigenvalue weighted by atomic mass is 10.3. The lowest BCUT2D eigenvalue weighted by Gasteiger charge is -1.92. The Morgan fingerprint density at radius 2 is 2.29 bits per heavy atom. The van der Waals surface area contributed by atoms with Crippen LogP contribution in [0.3, 0.4) is 0 Å². The van der Waals surface area contributed by atoms with Gasteiger partial charge in [0.1, 0.15) is 5.75 Å². The first-order chi connectivity index (χ1) is 6.75. The molecular weight excluding hydrogens is 240 g/mol. The first-order valence-corrected chi connectivity index (χ1v) is 6.19. The molecule has 0 atom stereocenters. The third kappa shape index (κ3) is 2.12. The molecule has 1 N–H and O–H groups in total. The lowest BCUT2D eigenvalue weighted by molar-refractivity contribution is 0.475. The molecule has 1 aromatic heterocycles. The minimum atomic E-state index is 0.190. The van der Waals surface area contributed by atoms with Gasteiger partial charge in [-0.1, -0.05) is 17.7 Å². The number of hydrogen-bond donors (Lipinski definition) is 1. The molecular formula is C8H5ClN2OS2. The van der Waals surface area contributed by atoms with E-state index >= 15 is 0 Å². The zero-order valence-electron chi connectivity index (χ0n) is 6.85. The van der Waals surface area contributed by atoms with Gasteiger partial charge in [0.05, 0.1) is 5.69 Å². The third-order valence-electron chi connectivity index (χ3n) is 1.47. The first kappa shape index (κ1) is 9.64. The Kier molecular flexibility index (Phi) is 2.81. The third-order valence-corrected chi connectivity index (χ3v) is 3.64. The Hall–Kier alpha value is -0.910. The molecule has 2 rings (SSSR count). The molecule has 0 saturated carbocycles. The highest BCUT2D eigenvalue weighted by Gasteiger charge is 1.97. The summed E-state index contributed by atoms with van der Waals surface area (Å²) in [4.78, 5) is 4.24. The second-order valence-corrected chi connectivity index (χ2v) is 4.67. The Labute approximate surface area is 92.5 Å². The second-order valence-electron chi connectivity index (χ2n) is 2.48. The van der Waals surface area contributed by atoms with Crippen LogP contribution in [0.2, 0.25) is 5.15 Å². The van der Waals surface area contributed by atoms with Gasteiger partial charge in [0.15, 0.2) is 9.82 Å². The predicted molar refractivity (Wildman–Crippen MR) is 58.3 cm³/mol. The molecule has 0 fully saturated rings. The fourth-order valence-corrected chi connectivity index (χ4v) is 2.90. The van der Waals surface area contributed by atoms with Crippen molar-refractivity contribution >= 4 is 38.2 Å². The summed E-state index contributed by atoms with van der Waals surface area (Å²) in [5.74, 6) is 0.190. The van der Waals surface area contributed by atoms with Crippen molar-refractivity contribution in [3.05, 3.63) is 34.1 Å². The van der Waals surface area contributed by atoms with Gasteiger partial charge in [0.25, 0.3) is 0 Å². The molecule has 0 saturated heterocycles. The zero-order chi connectivity index (χ0) is 9.97. The van der Waals surface area contributed by atoms with Gasteiger partial charge in [0.2, 0.25) is 0 Å². The van der Waals surface area contributed by atoms with Crippen molar-refractivity contribution < 1.29 is 5.11 Å².